The number of carbonyl (C=O) groups is 2. The molecule has 0 aliphatic carbocycles. The molecule has 0 atom stereocenters. The van der Waals surface area contributed by atoms with E-state index in [4.69, 9.17) is 11.6 Å². The summed E-state index contributed by atoms with van der Waals surface area (Å²) in [5.74, 6) is -1.05. The normalized spacial score (nSPS) is 11.1. The molecule has 1 rings (SSSR count). The molecule has 7 heteroatoms. The number of rotatable bonds is 5. The molecule has 1 aromatic carbocycles. The molecule has 0 fully saturated rings. The van der Waals surface area contributed by atoms with Crippen LogP contribution in [0, 0.1) is 6.92 Å². The Morgan fingerprint density at radius 2 is 1.90 bits per heavy atom. The predicted octanol–water partition coefficient (Wildman–Crippen LogP) is 4.18. The van der Waals surface area contributed by atoms with Crippen molar-refractivity contribution >= 4 is 45.2 Å². The summed E-state index contributed by atoms with van der Waals surface area (Å²) in [5, 5.41) is 15.0. The zero-order chi connectivity index (χ0) is 16.2. The molecule has 0 aromatic heterocycles. The molecule has 0 radical (unpaired) electrons. The van der Waals surface area contributed by atoms with E-state index in [9.17, 15) is 14.7 Å². The van der Waals surface area contributed by atoms with E-state index in [0.717, 1.165) is 5.56 Å². The van der Waals surface area contributed by atoms with Gasteiger partial charge in [0, 0.05) is 9.50 Å². The van der Waals surface area contributed by atoms with Crippen LogP contribution in [-0.2, 0) is 4.79 Å². The number of aliphatic carboxylic acids is 1. The second-order valence-electron chi connectivity index (χ2n) is 4.75. The Labute approximate surface area is 137 Å². The smallest absolute Gasteiger partial charge is 0.329 e. The van der Waals surface area contributed by atoms with E-state index in [0.29, 0.717) is 28.0 Å². The number of aryl methyl sites for hydroxylation is 1. The molecule has 2 amide bonds. The van der Waals surface area contributed by atoms with Crippen LogP contribution in [0.1, 0.15) is 32.3 Å². The molecule has 0 saturated heterocycles. The van der Waals surface area contributed by atoms with Crippen LogP contribution in [0.25, 0.3) is 0 Å². The van der Waals surface area contributed by atoms with Crippen LogP contribution < -0.4 is 10.6 Å². The van der Waals surface area contributed by atoms with Gasteiger partial charge in [-0.05, 0) is 53.4 Å². The Hall–Kier alpha value is -1.27. The Morgan fingerprint density at radius 1 is 1.33 bits per heavy atom. The van der Waals surface area contributed by atoms with Crippen LogP contribution in [0.2, 0.25) is 5.02 Å². The van der Waals surface area contributed by atoms with E-state index >= 15 is 0 Å². The largest absolute Gasteiger partial charge is 0.480 e. The van der Waals surface area contributed by atoms with Crippen LogP contribution in [-0.4, -0.2) is 22.6 Å². The molecule has 0 unspecified atom stereocenters. The number of hydrogen-bond acceptors (Lipinski definition) is 2. The Bertz CT molecular complexity index is 559. The fourth-order valence-corrected chi connectivity index (χ4v) is 2.62. The molecule has 0 aliphatic rings. The van der Waals surface area contributed by atoms with Crippen LogP contribution >= 0.6 is 27.5 Å². The van der Waals surface area contributed by atoms with E-state index in [-0.39, 0.29) is 0 Å². The minimum atomic E-state index is -1.27. The number of amides is 2. The van der Waals surface area contributed by atoms with Gasteiger partial charge in [0.1, 0.15) is 5.54 Å². The first-order valence-electron chi connectivity index (χ1n) is 6.54. The molecule has 21 heavy (non-hydrogen) atoms. The SMILES string of the molecule is CCC(CC)(NC(=O)Nc1cc(Cl)c(C)cc1Br)C(=O)O. The van der Waals surface area contributed by atoms with Crippen molar-refractivity contribution in [3.05, 3.63) is 27.2 Å². The van der Waals surface area contributed by atoms with Gasteiger partial charge in [-0.25, -0.2) is 9.59 Å². The van der Waals surface area contributed by atoms with Crippen LogP contribution in [0.15, 0.2) is 16.6 Å². The van der Waals surface area contributed by atoms with Crippen molar-refractivity contribution in [2.24, 2.45) is 0 Å². The molecule has 0 spiro atoms. The predicted molar refractivity (Wildman–Crippen MR) is 87.0 cm³/mol. The van der Waals surface area contributed by atoms with Crippen LogP contribution in [0.4, 0.5) is 10.5 Å². The summed E-state index contributed by atoms with van der Waals surface area (Å²) in [6.07, 6.45) is 0.587. The van der Waals surface area contributed by atoms with Gasteiger partial charge in [-0.1, -0.05) is 25.4 Å². The number of anilines is 1. The summed E-state index contributed by atoms with van der Waals surface area (Å²) in [5.41, 5.74) is 0.0801. The highest BCUT2D eigenvalue weighted by Crippen LogP contribution is 2.29. The second-order valence-corrected chi connectivity index (χ2v) is 6.02. The van der Waals surface area contributed by atoms with Gasteiger partial charge in [-0.15, -0.1) is 0 Å². The van der Waals surface area contributed by atoms with E-state index in [2.05, 4.69) is 26.6 Å². The minimum absolute atomic E-state index is 0.294. The fourth-order valence-electron chi connectivity index (χ4n) is 1.90. The van der Waals surface area contributed by atoms with E-state index < -0.39 is 17.5 Å². The number of carboxylic acid groups (broad SMARTS) is 1. The van der Waals surface area contributed by atoms with Crippen molar-refractivity contribution < 1.29 is 14.7 Å². The number of carboxylic acids is 1. The minimum Gasteiger partial charge on any atom is -0.480 e. The third-order valence-electron chi connectivity index (χ3n) is 3.47. The van der Waals surface area contributed by atoms with E-state index in [1.54, 1.807) is 26.0 Å². The first-order valence-corrected chi connectivity index (χ1v) is 7.71. The summed E-state index contributed by atoms with van der Waals surface area (Å²) in [6, 6.07) is 2.81. The second kappa shape index (κ2) is 7.13. The van der Waals surface area contributed by atoms with Gasteiger partial charge in [-0.2, -0.15) is 0 Å². The molecule has 1 aromatic rings. The van der Waals surface area contributed by atoms with Crippen molar-refractivity contribution in [1.29, 1.82) is 0 Å². The Balaban J connectivity index is 2.92. The molecule has 5 nitrogen and oxygen atoms in total. The quantitative estimate of drug-likeness (QED) is 0.720. The number of urea groups is 1. The molecule has 0 aliphatic heterocycles. The molecular formula is C14H18BrClN2O3. The van der Waals surface area contributed by atoms with E-state index in [1.807, 2.05) is 6.92 Å². The Morgan fingerprint density at radius 3 is 2.38 bits per heavy atom. The topological polar surface area (TPSA) is 78.4 Å². The molecule has 0 saturated carbocycles. The molecular weight excluding hydrogens is 360 g/mol. The summed E-state index contributed by atoms with van der Waals surface area (Å²) >= 11 is 9.36. The summed E-state index contributed by atoms with van der Waals surface area (Å²) < 4.78 is 0.675. The third-order valence-corrected chi connectivity index (χ3v) is 4.53. The van der Waals surface area contributed by atoms with Gasteiger partial charge in [0.2, 0.25) is 0 Å². The monoisotopic (exact) mass is 376 g/mol. The van der Waals surface area contributed by atoms with Gasteiger partial charge >= 0.3 is 12.0 Å². The standard InChI is InChI=1S/C14H18BrClN2O3/c1-4-14(5-2,12(19)20)18-13(21)17-11-7-10(16)8(3)6-9(11)15/h6-7H,4-5H2,1-3H3,(H,19,20)(H2,17,18,21). The summed E-state index contributed by atoms with van der Waals surface area (Å²) in [7, 11) is 0. The van der Waals surface area contributed by atoms with Gasteiger partial charge < -0.3 is 15.7 Å². The lowest BCUT2D eigenvalue weighted by atomic mass is 9.93. The van der Waals surface area contributed by atoms with E-state index in [1.165, 1.54) is 0 Å². The lowest BCUT2D eigenvalue weighted by molar-refractivity contribution is -0.144. The lowest BCUT2D eigenvalue weighted by Crippen LogP contribution is -2.55. The summed E-state index contributed by atoms with van der Waals surface area (Å²) in [6.45, 7) is 5.29. The average Bonchev–Trinajstić information content (AvgIpc) is 2.42. The van der Waals surface area contributed by atoms with Gasteiger partial charge in [-0.3, -0.25) is 0 Å². The van der Waals surface area contributed by atoms with Crippen LogP contribution in [0.5, 0.6) is 0 Å². The molecule has 0 heterocycles. The highest BCUT2D eigenvalue weighted by molar-refractivity contribution is 9.10. The zero-order valence-corrected chi connectivity index (χ0v) is 14.4. The lowest BCUT2D eigenvalue weighted by Gasteiger charge is -2.28. The van der Waals surface area contributed by atoms with Crippen molar-refractivity contribution in [1.82, 2.24) is 5.32 Å². The number of nitrogens with one attached hydrogen (secondary N) is 2. The van der Waals surface area contributed by atoms with Crippen molar-refractivity contribution in [3.63, 3.8) is 0 Å². The maximum atomic E-state index is 12.0. The van der Waals surface area contributed by atoms with Gasteiger partial charge in [0.25, 0.3) is 0 Å². The highest BCUT2D eigenvalue weighted by Gasteiger charge is 2.36. The van der Waals surface area contributed by atoms with Crippen molar-refractivity contribution in [2.75, 3.05) is 5.32 Å². The summed E-state index contributed by atoms with van der Waals surface area (Å²) in [4.78, 5) is 23.4. The molecule has 0 bridgehead atoms. The van der Waals surface area contributed by atoms with Crippen molar-refractivity contribution in [3.8, 4) is 0 Å². The van der Waals surface area contributed by atoms with Crippen molar-refractivity contribution in [2.45, 2.75) is 39.2 Å². The Kier molecular flexibility index (Phi) is 6.04. The van der Waals surface area contributed by atoms with Crippen LogP contribution in [0.3, 0.4) is 0 Å². The number of benzene rings is 1. The first kappa shape index (κ1) is 17.8. The highest BCUT2D eigenvalue weighted by atomic mass is 79.9. The maximum Gasteiger partial charge on any atom is 0.329 e. The third kappa shape index (κ3) is 4.11. The first-order chi connectivity index (χ1) is 9.75. The zero-order valence-electron chi connectivity index (χ0n) is 12.1. The molecule has 3 N–H and O–H groups in total. The van der Waals surface area contributed by atoms with Gasteiger partial charge in [0.15, 0.2) is 0 Å². The van der Waals surface area contributed by atoms with Gasteiger partial charge in [0.05, 0.1) is 5.69 Å². The number of carbonyl (C=O) groups excluding carboxylic acids is 1. The maximum absolute atomic E-state index is 12.0. The number of hydrogen-bond donors (Lipinski definition) is 3. The number of halogens is 2. The fraction of sp³-hybridized carbons (Fsp3) is 0.429. The molecule has 116 valence electrons. The average molecular weight is 378 g/mol.